The molecule has 14 heavy (non-hydrogen) atoms. The molecule has 0 fully saturated rings. The van der Waals surface area contributed by atoms with E-state index in [2.05, 4.69) is 4.74 Å². The van der Waals surface area contributed by atoms with Crippen molar-refractivity contribution < 1.29 is 28.1 Å². The summed E-state index contributed by atoms with van der Waals surface area (Å²) in [5.41, 5.74) is 0. The third-order valence-electron chi connectivity index (χ3n) is 1.80. The Kier molecular flexibility index (Phi) is 6.06. The molecule has 2 atom stereocenters. The highest BCUT2D eigenvalue weighted by molar-refractivity contribution is 4.74. The smallest absolute Gasteiger partial charge is 0.390 e. The number of methoxy groups -OCH3 is 1. The van der Waals surface area contributed by atoms with Crippen molar-refractivity contribution in [1.82, 2.24) is 0 Å². The van der Waals surface area contributed by atoms with Gasteiger partial charge in [0.15, 0.2) is 6.10 Å². The summed E-state index contributed by atoms with van der Waals surface area (Å²) in [5, 5.41) is 17.5. The number of aliphatic hydroxyl groups is 2. The van der Waals surface area contributed by atoms with Crippen LogP contribution in [0.15, 0.2) is 0 Å². The molecule has 2 N–H and O–H groups in total. The maximum absolute atomic E-state index is 11.8. The Labute approximate surface area is 80.5 Å². The molecule has 0 heterocycles. The largest absolute Gasteiger partial charge is 0.416 e. The standard InChI is InChI=1S/C8H15F3O3/c1-14-5-3-2-4-6(12)7(13)8(9,10)11/h6-7,12-13H,2-5H2,1H3. The number of rotatable bonds is 6. The van der Waals surface area contributed by atoms with Crippen molar-refractivity contribution in [2.45, 2.75) is 37.6 Å². The van der Waals surface area contributed by atoms with Crippen LogP contribution in [0.5, 0.6) is 0 Å². The van der Waals surface area contributed by atoms with Gasteiger partial charge in [-0.1, -0.05) is 0 Å². The van der Waals surface area contributed by atoms with Gasteiger partial charge < -0.3 is 14.9 Å². The number of halogens is 3. The van der Waals surface area contributed by atoms with E-state index in [0.717, 1.165) is 0 Å². The molecule has 0 aliphatic heterocycles. The monoisotopic (exact) mass is 216 g/mol. The number of aliphatic hydroxyl groups excluding tert-OH is 2. The normalized spacial score (nSPS) is 16.7. The fourth-order valence-electron chi connectivity index (χ4n) is 0.976. The number of hydrogen-bond acceptors (Lipinski definition) is 3. The van der Waals surface area contributed by atoms with Crippen molar-refractivity contribution in [3.8, 4) is 0 Å². The first-order valence-corrected chi connectivity index (χ1v) is 4.31. The Morgan fingerprint density at radius 1 is 1.21 bits per heavy atom. The van der Waals surface area contributed by atoms with Crippen LogP contribution in [0.4, 0.5) is 13.2 Å². The topological polar surface area (TPSA) is 49.7 Å². The van der Waals surface area contributed by atoms with Crippen LogP contribution in [0, 0.1) is 0 Å². The van der Waals surface area contributed by atoms with Crippen molar-refractivity contribution in [2.75, 3.05) is 13.7 Å². The molecule has 0 aromatic rings. The Morgan fingerprint density at radius 3 is 2.21 bits per heavy atom. The molecular weight excluding hydrogens is 201 g/mol. The molecule has 86 valence electrons. The number of hydrogen-bond donors (Lipinski definition) is 2. The summed E-state index contributed by atoms with van der Waals surface area (Å²) in [4.78, 5) is 0. The molecule has 2 unspecified atom stereocenters. The van der Waals surface area contributed by atoms with Gasteiger partial charge in [0.1, 0.15) is 0 Å². The van der Waals surface area contributed by atoms with Crippen LogP contribution in [0.25, 0.3) is 0 Å². The Morgan fingerprint density at radius 2 is 1.79 bits per heavy atom. The quantitative estimate of drug-likeness (QED) is 0.653. The molecule has 0 aliphatic carbocycles. The van der Waals surface area contributed by atoms with Gasteiger partial charge in [0.2, 0.25) is 0 Å². The second kappa shape index (κ2) is 6.21. The van der Waals surface area contributed by atoms with Crippen LogP contribution < -0.4 is 0 Å². The summed E-state index contributed by atoms with van der Waals surface area (Å²) in [6.45, 7) is 0.439. The second-order valence-electron chi connectivity index (χ2n) is 3.04. The molecule has 0 aromatic carbocycles. The number of unbranched alkanes of at least 4 members (excludes halogenated alkanes) is 1. The summed E-state index contributed by atoms with van der Waals surface area (Å²) in [6.07, 6.45) is -8.26. The van der Waals surface area contributed by atoms with Gasteiger partial charge in [-0.25, -0.2) is 0 Å². The van der Waals surface area contributed by atoms with Gasteiger partial charge in [0.25, 0.3) is 0 Å². The molecule has 0 amide bonds. The lowest BCUT2D eigenvalue weighted by molar-refractivity contribution is -0.230. The SMILES string of the molecule is COCCCCC(O)C(O)C(F)(F)F. The van der Waals surface area contributed by atoms with Crippen LogP contribution in [0.2, 0.25) is 0 Å². The first-order valence-electron chi connectivity index (χ1n) is 4.31. The van der Waals surface area contributed by atoms with Crippen molar-refractivity contribution in [3.63, 3.8) is 0 Å². The van der Waals surface area contributed by atoms with E-state index in [9.17, 15) is 13.2 Å². The van der Waals surface area contributed by atoms with Gasteiger partial charge in [-0.15, -0.1) is 0 Å². The zero-order valence-electron chi connectivity index (χ0n) is 7.92. The van der Waals surface area contributed by atoms with Crippen LogP contribution in [-0.2, 0) is 4.74 Å². The second-order valence-corrected chi connectivity index (χ2v) is 3.04. The lowest BCUT2D eigenvalue weighted by Gasteiger charge is -2.20. The molecule has 0 bridgehead atoms. The third-order valence-corrected chi connectivity index (χ3v) is 1.80. The molecule has 0 saturated heterocycles. The summed E-state index contributed by atoms with van der Waals surface area (Å²) >= 11 is 0. The predicted molar refractivity (Wildman–Crippen MR) is 43.8 cm³/mol. The van der Waals surface area contributed by atoms with E-state index in [0.29, 0.717) is 19.4 Å². The summed E-state index contributed by atoms with van der Waals surface area (Å²) in [7, 11) is 1.49. The average molecular weight is 216 g/mol. The summed E-state index contributed by atoms with van der Waals surface area (Å²) in [6, 6.07) is 0. The van der Waals surface area contributed by atoms with Gasteiger partial charge in [-0.05, 0) is 19.3 Å². The molecule has 0 radical (unpaired) electrons. The van der Waals surface area contributed by atoms with Gasteiger partial charge >= 0.3 is 6.18 Å². The lowest BCUT2D eigenvalue weighted by atomic mass is 10.1. The fraction of sp³-hybridized carbons (Fsp3) is 1.00. The number of alkyl halides is 3. The van der Waals surface area contributed by atoms with Gasteiger partial charge in [0.05, 0.1) is 6.10 Å². The van der Waals surface area contributed by atoms with Crippen LogP contribution >= 0.6 is 0 Å². The molecule has 0 aromatic heterocycles. The minimum atomic E-state index is -4.75. The molecular formula is C8H15F3O3. The first-order chi connectivity index (χ1) is 6.39. The van der Waals surface area contributed by atoms with E-state index in [1.807, 2.05) is 0 Å². The molecule has 0 rings (SSSR count). The Bertz CT molecular complexity index is 149. The maximum atomic E-state index is 11.8. The van der Waals surface area contributed by atoms with Gasteiger partial charge in [0, 0.05) is 13.7 Å². The highest BCUT2D eigenvalue weighted by Gasteiger charge is 2.42. The molecule has 3 nitrogen and oxygen atoms in total. The van der Waals surface area contributed by atoms with E-state index in [1.165, 1.54) is 7.11 Å². The van der Waals surface area contributed by atoms with Crippen molar-refractivity contribution >= 4 is 0 Å². The number of ether oxygens (including phenoxy) is 1. The summed E-state index contributed by atoms with van der Waals surface area (Å²) in [5.74, 6) is 0. The van der Waals surface area contributed by atoms with Crippen LogP contribution in [0.1, 0.15) is 19.3 Å². The zero-order valence-corrected chi connectivity index (χ0v) is 7.92. The van der Waals surface area contributed by atoms with E-state index < -0.39 is 18.4 Å². The molecule has 0 saturated carbocycles. The van der Waals surface area contributed by atoms with E-state index in [1.54, 1.807) is 0 Å². The first kappa shape index (κ1) is 13.7. The molecule has 0 aliphatic rings. The van der Waals surface area contributed by atoms with E-state index in [-0.39, 0.29) is 6.42 Å². The Balaban J connectivity index is 3.68. The minimum absolute atomic E-state index is 0.0793. The van der Waals surface area contributed by atoms with Crippen molar-refractivity contribution in [1.29, 1.82) is 0 Å². The zero-order chi connectivity index (χ0) is 11.2. The maximum Gasteiger partial charge on any atom is 0.416 e. The highest BCUT2D eigenvalue weighted by atomic mass is 19.4. The molecule has 0 spiro atoms. The van der Waals surface area contributed by atoms with E-state index >= 15 is 0 Å². The third kappa shape index (κ3) is 5.41. The fourth-order valence-corrected chi connectivity index (χ4v) is 0.976. The van der Waals surface area contributed by atoms with Gasteiger partial charge in [-0.2, -0.15) is 13.2 Å². The van der Waals surface area contributed by atoms with Crippen LogP contribution in [0.3, 0.4) is 0 Å². The molecule has 6 heteroatoms. The minimum Gasteiger partial charge on any atom is -0.390 e. The Hall–Kier alpha value is -0.330. The van der Waals surface area contributed by atoms with E-state index in [4.69, 9.17) is 10.2 Å². The average Bonchev–Trinajstić information content (AvgIpc) is 2.09. The highest BCUT2D eigenvalue weighted by Crippen LogP contribution is 2.24. The predicted octanol–water partition coefficient (Wildman–Crippen LogP) is 1.09. The lowest BCUT2D eigenvalue weighted by Crippen LogP contribution is -2.39. The summed E-state index contributed by atoms with van der Waals surface area (Å²) < 4.78 is 40.2. The van der Waals surface area contributed by atoms with Crippen molar-refractivity contribution in [3.05, 3.63) is 0 Å². The van der Waals surface area contributed by atoms with Crippen LogP contribution in [-0.4, -0.2) is 42.3 Å². The van der Waals surface area contributed by atoms with Gasteiger partial charge in [-0.3, -0.25) is 0 Å². The van der Waals surface area contributed by atoms with Crippen molar-refractivity contribution in [2.24, 2.45) is 0 Å².